The minimum atomic E-state index is -4.69. The number of halogens is 5. The molecule has 1 atom stereocenters. The molecule has 184 valence electrons. The lowest BCUT2D eigenvalue weighted by Gasteiger charge is -2.34. The first-order chi connectivity index (χ1) is 16.4. The van der Waals surface area contributed by atoms with Gasteiger partial charge in [-0.2, -0.15) is 13.2 Å². The lowest BCUT2D eigenvalue weighted by molar-refractivity contribution is -0.137. The van der Waals surface area contributed by atoms with E-state index in [0.29, 0.717) is 34.9 Å². The molecule has 10 heteroatoms. The number of sulfonamides is 1. The van der Waals surface area contributed by atoms with Crippen molar-refractivity contribution in [3.8, 4) is 0 Å². The quantitative estimate of drug-likeness (QED) is 0.329. The smallest absolute Gasteiger partial charge is 0.326 e. The topological polar surface area (TPSA) is 63.4 Å². The van der Waals surface area contributed by atoms with Gasteiger partial charge in [-0.1, -0.05) is 41.9 Å². The fourth-order valence-electron chi connectivity index (χ4n) is 4.12. The molecule has 0 saturated carbocycles. The Bertz CT molecular complexity index is 1400. The van der Waals surface area contributed by atoms with E-state index in [-0.39, 0.29) is 17.1 Å². The molecular formula is C25H21ClF4N2O2S. The highest BCUT2D eigenvalue weighted by Gasteiger charge is 2.35. The number of nitrogens with two attached hydrogens (primary N) is 1. The fraction of sp³-hybridized carbons (Fsp3) is 0.200. The summed E-state index contributed by atoms with van der Waals surface area (Å²) in [6.07, 6.45) is -2.63. The summed E-state index contributed by atoms with van der Waals surface area (Å²) in [6, 6.07) is 12.5. The van der Waals surface area contributed by atoms with Crippen LogP contribution in [0.15, 0.2) is 65.6 Å². The van der Waals surface area contributed by atoms with Crippen LogP contribution >= 0.6 is 11.6 Å². The number of anilines is 1. The normalized spacial score (nSPS) is 16.8. The summed E-state index contributed by atoms with van der Waals surface area (Å²) in [5, 5.41) is 0.233. The molecule has 1 heterocycles. The van der Waals surface area contributed by atoms with Crippen LogP contribution in [-0.2, 0) is 22.6 Å². The van der Waals surface area contributed by atoms with Crippen LogP contribution in [0.25, 0.3) is 11.6 Å². The van der Waals surface area contributed by atoms with Gasteiger partial charge in [0.25, 0.3) is 10.0 Å². The molecule has 0 spiro atoms. The Balaban J connectivity index is 1.79. The van der Waals surface area contributed by atoms with Gasteiger partial charge in [0.05, 0.1) is 21.2 Å². The number of benzene rings is 3. The van der Waals surface area contributed by atoms with Crippen molar-refractivity contribution >= 4 is 39.0 Å². The molecule has 0 saturated heterocycles. The second-order valence-electron chi connectivity index (χ2n) is 8.34. The Morgan fingerprint density at radius 2 is 1.83 bits per heavy atom. The van der Waals surface area contributed by atoms with Gasteiger partial charge in [0.15, 0.2) is 0 Å². The zero-order chi connectivity index (χ0) is 25.5. The van der Waals surface area contributed by atoms with E-state index in [9.17, 15) is 26.0 Å². The van der Waals surface area contributed by atoms with Crippen LogP contribution in [0.2, 0.25) is 5.02 Å². The van der Waals surface area contributed by atoms with E-state index in [1.165, 1.54) is 12.1 Å². The van der Waals surface area contributed by atoms with Crippen LogP contribution in [0, 0.1) is 5.82 Å². The number of hydrogen-bond donors (Lipinski definition) is 1. The van der Waals surface area contributed by atoms with Crippen LogP contribution < -0.4 is 10.0 Å². The number of hydrogen-bond acceptors (Lipinski definition) is 3. The first kappa shape index (κ1) is 25.2. The number of alkyl halides is 3. The van der Waals surface area contributed by atoms with Gasteiger partial charge in [-0.05, 0) is 66.4 Å². The third-order valence-electron chi connectivity index (χ3n) is 5.75. The van der Waals surface area contributed by atoms with Crippen molar-refractivity contribution in [1.29, 1.82) is 0 Å². The highest BCUT2D eigenvalue weighted by atomic mass is 35.5. The average molecular weight is 525 g/mol. The van der Waals surface area contributed by atoms with E-state index in [4.69, 9.17) is 17.3 Å². The van der Waals surface area contributed by atoms with Gasteiger partial charge in [-0.15, -0.1) is 0 Å². The summed E-state index contributed by atoms with van der Waals surface area (Å²) < 4.78 is 81.8. The van der Waals surface area contributed by atoms with Gasteiger partial charge in [-0.25, -0.2) is 12.8 Å². The van der Waals surface area contributed by atoms with Crippen LogP contribution in [0.3, 0.4) is 0 Å². The molecule has 0 aromatic heterocycles. The monoisotopic (exact) mass is 524 g/mol. The minimum Gasteiger partial charge on any atom is -0.326 e. The summed E-state index contributed by atoms with van der Waals surface area (Å²) in [5.74, 6) is -0.496. The first-order valence-electron chi connectivity index (χ1n) is 10.6. The van der Waals surface area contributed by atoms with Gasteiger partial charge in [0.2, 0.25) is 0 Å². The second kappa shape index (κ2) is 9.29. The van der Waals surface area contributed by atoms with Crippen molar-refractivity contribution in [3.05, 3.63) is 93.8 Å². The SMILES string of the molecule is C/C(=C\c1ccc2c(c1)N(S(=O)(=O)c1cccc(C(F)(F)F)c1)C[C@H](N)C2)c1c(F)cccc1Cl. The molecule has 0 aliphatic carbocycles. The third kappa shape index (κ3) is 5.07. The van der Waals surface area contributed by atoms with E-state index in [2.05, 4.69) is 0 Å². The van der Waals surface area contributed by atoms with Gasteiger partial charge < -0.3 is 5.73 Å². The Morgan fingerprint density at radius 3 is 2.51 bits per heavy atom. The molecule has 4 rings (SSSR count). The first-order valence-corrected chi connectivity index (χ1v) is 12.4. The van der Waals surface area contributed by atoms with Crippen molar-refractivity contribution in [2.75, 3.05) is 10.8 Å². The highest BCUT2D eigenvalue weighted by Crippen LogP contribution is 2.36. The van der Waals surface area contributed by atoms with E-state index >= 15 is 0 Å². The second-order valence-corrected chi connectivity index (χ2v) is 10.6. The molecule has 2 N–H and O–H groups in total. The molecular weight excluding hydrogens is 504 g/mol. The van der Waals surface area contributed by atoms with Crippen molar-refractivity contribution in [1.82, 2.24) is 0 Å². The predicted octanol–water partition coefficient (Wildman–Crippen LogP) is 6.14. The van der Waals surface area contributed by atoms with Gasteiger partial charge in [-0.3, -0.25) is 4.31 Å². The van der Waals surface area contributed by atoms with Crippen LogP contribution in [-0.4, -0.2) is 21.0 Å². The molecule has 0 bridgehead atoms. The predicted molar refractivity (Wildman–Crippen MR) is 129 cm³/mol. The zero-order valence-electron chi connectivity index (χ0n) is 18.5. The van der Waals surface area contributed by atoms with Crippen molar-refractivity contribution in [2.45, 2.75) is 30.5 Å². The number of fused-ring (bicyclic) bond motifs is 1. The lowest BCUT2D eigenvalue weighted by Crippen LogP contribution is -2.46. The molecule has 0 radical (unpaired) electrons. The summed E-state index contributed by atoms with van der Waals surface area (Å²) in [4.78, 5) is -0.484. The summed E-state index contributed by atoms with van der Waals surface area (Å²) in [6.45, 7) is 1.58. The van der Waals surface area contributed by atoms with E-state index in [1.807, 2.05) is 0 Å². The van der Waals surface area contributed by atoms with E-state index in [1.54, 1.807) is 37.3 Å². The maximum Gasteiger partial charge on any atom is 0.416 e. The van der Waals surface area contributed by atoms with E-state index < -0.39 is 38.5 Å². The summed E-state index contributed by atoms with van der Waals surface area (Å²) in [7, 11) is -4.35. The molecule has 0 unspecified atom stereocenters. The van der Waals surface area contributed by atoms with Gasteiger partial charge in [0.1, 0.15) is 5.82 Å². The lowest BCUT2D eigenvalue weighted by atomic mass is 9.97. The summed E-state index contributed by atoms with van der Waals surface area (Å²) in [5.41, 5.74) is 7.29. The standard InChI is InChI=1S/C25H21ClF4N2O2S/c1-15(24-21(26)6-3-7-22(24)27)10-16-8-9-17-12-19(31)14-32(23(17)11-16)35(33,34)20-5-2-4-18(13-20)25(28,29)30/h2-11,13,19H,12,14,31H2,1H3/b15-10+/t19-/m1/s1. The molecule has 35 heavy (non-hydrogen) atoms. The van der Waals surface area contributed by atoms with Gasteiger partial charge >= 0.3 is 6.18 Å². The molecule has 3 aromatic rings. The van der Waals surface area contributed by atoms with Crippen molar-refractivity contribution in [3.63, 3.8) is 0 Å². The number of nitrogens with zero attached hydrogens (tertiary/aromatic N) is 1. The Hall–Kier alpha value is -2.88. The Kier molecular flexibility index (Phi) is 6.70. The van der Waals surface area contributed by atoms with Gasteiger partial charge in [0, 0.05) is 18.2 Å². The van der Waals surface area contributed by atoms with Crippen molar-refractivity contribution < 1.29 is 26.0 Å². The molecule has 4 nitrogen and oxygen atoms in total. The Morgan fingerprint density at radius 1 is 1.11 bits per heavy atom. The molecule has 1 aliphatic rings. The molecule has 1 aliphatic heterocycles. The fourth-order valence-corrected chi connectivity index (χ4v) is 6.03. The van der Waals surface area contributed by atoms with Crippen LogP contribution in [0.5, 0.6) is 0 Å². The zero-order valence-corrected chi connectivity index (χ0v) is 20.1. The van der Waals surface area contributed by atoms with E-state index in [0.717, 1.165) is 22.5 Å². The van der Waals surface area contributed by atoms with Crippen LogP contribution in [0.4, 0.5) is 23.2 Å². The minimum absolute atomic E-state index is 0.100. The maximum absolute atomic E-state index is 14.3. The third-order valence-corrected chi connectivity index (χ3v) is 7.84. The average Bonchev–Trinajstić information content (AvgIpc) is 2.78. The summed E-state index contributed by atoms with van der Waals surface area (Å²) >= 11 is 6.16. The molecule has 3 aromatic carbocycles. The largest absolute Gasteiger partial charge is 0.416 e. The highest BCUT2D eigenvalue weighted by molar-refractivity contribution is 7.92. The molecule has 0 amide bonds. The molecule has 0 fully saturated rings. The maximum atomic E-state index is 14.3. The Labute approximate surface area is 205 Å². The van der Waals surface area contributed by atoms with Crippen LogP contribution in [0.1, 0.15) is 29.2 Å². The van der Waals surface area contributed by atoms with Crippen molar-refractivity contribution in [2.24, 2.45) is 5.73 Å². The number of allylic oxidation sites excluding steroid dienone is 1. The number of rotatable bonds is 4.